The van der Waals surface area contributed by atoms with E-state index in [4.69, 9.17) is 0 Å². The quantitative estimate of drug-likeness (QED) is 0.637. The number of nitrogens with one attached hydrogen (secondary N) is 2. The maximum Gasteiger partial charge on any atom is 0.263 e. The predicted molar refractivity (Wildman–Crippen MR) is 123 cm³/mol. The molecule has 3 heterocycles. The van der Waals surface area contributed by atoms with Crippen molar-refractivity contribution in [2.45, 2.75) is 38.8 Å². The van der Waals surface area contributed by atoms with Crippen LogP contribution in [-0.2, 0) is 0 Å². The molecule has 1 fully saturated rings. The second-order valence-corrected chi connectivity index (χ2v) is 7.77. The summed E-state index contributed by atoms with van der Waals surface area (Å²) in [6.07, 6.45) is 7.18. The van der Waals surface area contributed by atoms with Crippen molar-refractivity contribution in [3.05, 3.63) is 82.0 Å². The number of rotatable bonds is 5. The average molecular weight is 442 g/mol. The third kappa shape index (κ3) is 4.73. The number of amides is 1. The molecule has 1 saturated heterocycles. The second-order valence-electron chi connectivity index (χ2n) is 7.77. The molecule has 2 aromatic heterocycles. The zero-order valence-electron chi connectivity index (χ0n) is 17.7. The van der Waals surface area contributed by atoms with E-state index >= 15 is 0 Å². The van der Waals surface area contributed by atoms with E-state index in [2.05, 4.69) is 15.7 Å². The van der Waals surface area contributed by atoms with Gasteiger partial charge in [0.15, 0.2) is 0 Å². The van der Waals surface area contributed by atoms with Gasteiger partial charge in [0.25, 0.3) is 11.5 Å². The number of carbonyl (C=O) groups is 1. The molecule has 1 amide bonds. The molecule has 0 bridgehead atoms. The van der Waals surface area contributed by atoms with Gasteiger partial charge in [0.2, 0.25) is 0 Å². The van der Waals surface area contributed by atoms with E-state index in [1.807, 2.05) is 62.6 Å². The summed E-state index contributed by atoms with van der Waals surface area (Å²) in [5.41, 5.74) is 2.52. The van der Waals surface area contributed by atoms with Crippen LogP contribution in [0, 0.1) is 6.92 Å². The Bertz CT molecular complexity index is 1090. The van der Waals surface area contributed by atoms with E-state index in [1.54, 1.807) is 15.4 Å². The largest absolute Gasteiger partial charge is 0.345 e. The predicted octanol–water partition coefficient (Wildman–Crippen LogP) is 3.18. The number of pyridine rings is 1. The summed E-state index contributed by atoms with van der Waals surface area (Å²) < 4.78 is 3.50. The molecule has 1 unspecified atom stereocenters. The molecule has 0 spiro atoms. The highest BCUT2D eigenvalue weighted by molar-refractivity contribution is 5.95. The Labute approximate surface area is 187 Å². The summed E-state index contributed by atoms with van der Waals surface area (Å²) >= 11 is 0. The van der Waals surface area contributed by atoms with Crippen molar-refractivity contribution >= 4 is 18.3 Å². The lowest BCUT2D eigenvalue weighted by Gasteiger charge is -2.25. The molecule has 1 aliphatic rings. The topological polar surface area (TPSA) is 81.0 Å². The standard InChI is InChI=1S/C23H27N5O2.ClH/c1-16-10-15-27(18-8-12-24-13-9-18)23(30)21(16)22(29)26-17(2)19-6-3-4-7-20(19)28-14-5-11-25-28;/h3-7,10-11,14-15,17-18,24H,8-9,12-13H2,1-2H3,(H,26,29);1H. The van der Waals surface area contributed by atoms with Crippen molar-refractivity contribution in [1.82, 2.24) is 25.0 Å². The molecule has 0 radical (unpaired) electrons. The van der Waals surface area contributed by atoms with Crippen LogP contribution >= 0.6 is 12.4 Å². The van der Waals surface area contributed by atoms with Crippen LogP contribution in [0.15, 0.2) is 59.8 Å². The lowest BCUT2D eigenvalue weighted by molar-refractivity contribution is 0.0936. The van der Waals surface area contributed by atoms with Gasteiger partial charge < -0.3 is 15.2 Å². The second kappa shape index (κ2) is 9.94. The summed E-state index contributed by atoms with van der Waals surface area (Å²) in [7, 11) is 0. The van der Waals surface area contributed by atoms with Crippen LogP contribution in [0.1, 0.15) is 53.3 Å². The SMILES string of the molecule is Cc1ccn(C2CCNCC2)c(=O)c1C(=O)NC(C)c1ccccc1-n1cccn1.Cl. The number of hydrogen-bond acceptors (Lipinski definition) is 4. The highest BCUT2D eigenvalue weighted by Crippen LogP contribution is 2.22. The molecule has 7 nitrogen and oxygen atoms in total. The molecular weight excluding hydrogens is 414 g/mol. The first-order valence-electron chi connectivity index (χ1n) is 10.4. The van der Waals surface area contributed by atoms with Crippen LogP contribution in [-0.4, -0.2) is 33.3 Å². The average Bonchev–Trinajstić information content (AvgIpc) is 3.29. The maximum absolute atomic E-state index is 13.2. The number of hydrogen-bond donors (Lipinski definition) is 2. The third-order valence-electron chi connectivity index (χ3n) is 5.76. The van der Waals surface area contributed by atoms with E-state index in [0.717, 1.165) is 37.2 Å². The fourth-order valence-electron chi connectivity index (χ4n) is 4.11. The first-order chi connectivity index (χ1) is 14.6. The number of aryl methyl sites for hydroxylation is 1. The number of carbonyl (C=O) groups excluding carboxylic acids is 1. The molecule has 164 valence electrons. The van der Waals surface area contributed by atoms with Gasteiger partial charge in [0.1, 0.15) is 5.56 Å². The number of nitrogens with zero attached hydrogens (tertiary/aromatic N) is 3. The van der Waals surface area contributed by atoms with Crippen LogP contribution in [0.3, 0.4) is 0 Å². The van der Waals surface area contributed by atoms with Crippen molar-refractivity contribution in [1.29, 1.82) is 0 Å². The van der Waals surface area contributed by atoms with E-state index in [0.29, 0.717) is 5.56 Å². The highest BCUT2D eigenvalue weighted by atomic mass is 35.5. The summed E-state index contributed by atoms with van der Waals surface area (Å²) in [6, 6.07) is 11.4. The van der Waals surface area contributed by atoms with Crippen molar-refractivity contribution in [2.75, 3.05) is 13.1 Å². The molecule has 1 aromatic carbocycles. The number of aromatic nitrogens is 3. The zero-order chi connectivity index (χ0) is 21.1. The van der Waals surface area contributed by atoms with Crippen LogP contribution in [0.5, 0.6) is 0 Å². The molecule has 0 saturated carbocycles. The third-order valence-corrected chi connectivity index (χ3v) is 5.76. The van der Waals surface area contributed by atoms with E-state index in [-0.39, 0.29) is 41.5 Å². The lowest BCUT2D eigenvalue weighted by Crippen LogP contribution is -2.39. The lowest BCUT2D eigenvalue weighted by atomic mass is 10.0. The Kier molecular flexibility index (Phi) is 7.30. The Morgan fingerprint density at radius 1 is 1.16 bits per heavy atom. The van der Waals surface area contributed by atoms with Gasteiger partial charge in [0.05, 0.1) is 11.7 Å². The number of para-hydroxylation sites is 1. The van der Waals surface area contributed by atoms with Gasteiger partial charge in [-0.1, -0.05) is 18.2 Å². The van der Waals surface area contributed by atoms with E-state index < -0.39 is 0 Å². The maximum atomic E-state index is 13.2. The summed E-state index contributed by atoms with van der Waals surface area (Å²) in [5, 5.41) is 10.6. The van der Waals surface area contributed by atoms with Gasteiger partial charge in [-0.25, -0.2) is 4.68 Å². The molecule has 3 aromatic rings. The van der Waals surface area contributed by atoms with Gasteiger partial charge in [-0.05, 0) is 69.1 Å². The Morgan fingerprint density at radius 2 is 1.90 bits per heavy atom. The van der Waals surface area contributed by atoms with Crippen molar-refractivity contribution in [2.24, 2.45) is 0 Å². The number of piperidine rings is 1. The highest BCUT2D eigenvalue weighted by Gasteiger charge is 2.23. The Balaban J connectivity index is 0.00000272. The smallest absolute Gasteiger partial charge is 0.263 e. The van der Waals surface area contributed by atoms with Gasteiger partial charge in [0, 0.05) is 24.6 Å². The Hall–Kier alpha value is -2.90. The molecule has 4 rings (SSSR count). The first kappa shape index (κ1) is 22.8. The minimum absolute atomic E-state index is 0. The van der Waals surface area contributed by atoms with Gasteiger partial charge in [-0.15, -0.1) is 12.4 Å². The molecule has 31 heavy (non-hydrogen) atoms. The van der Waals surface area contributed by atoms with Crippen LogP contribution in [0.2, 0.25) is 0 Å². The summed E-state index contributed by atoms with van der Waals surface area (Å²) in [5.74, 6) is -0.344. The molecule has 1 aliphatic heterocycles. The van der Waals surface area contributed by atoms with Crippen LogP contribution in [0.4, 0.5) is 0 Å². The minimum atomic E-state index is -0.344. The van der Waals surface area contributed by atoms with Crippen molar-refractivity contribution in [3.63, 3.8) is 0 Å². The fourth-order valence-corrected chi connectivity index (χ4v) is 4.11. The minimum Gasteiger partial charge on any atom is -0.345 e. The van der Waals surface area contributed by atoms with Gasteiger partial charge >= 0.3 is 0 Å². The monoisotopic (exact) mass is 441 g/mol. The molecular formula is C23H28ClN5O2. The fraction of sp³-hybridized carbons (Fsp3) is 0.348. The van der Waals surface area contributed by atoms with E-state index in [1.165, 1.54) is 0 Å². The summed E-state index contributed by atoms with van der Waals surface area (Å²) in [6.45, 7) is 5.50. The molecule has 0 aliphatic carbocycles. The first-order valence-corrected chi connectivity index (χ1v) is 10.4. The van der Waals surface area contributed by atoms with Crippen molar-refractivity contribution in [3.8, 4) is 5.69 Å². The van der Waals surface area contributed by atoms with E-state index in [9.17, 15) is 9.59 Å². The number of halogens is 1. The van der Waals surface area contributed by atoms with Crippen LogP contribution in [0.25, 0.3) is 5.69 Å². The number of benzene rings is 1. The zero-order valence-corrected chi connectivity index (χ0v) is 18.6. The summed E-state index contributed by atoms with van der Waals surface area (Å²) in [4.78, 5) is 26.3. The molecule has 1 atom stereocenters. The van der Waals surface area contributed by atoms with Crippen LogP contribution < -0.4 is 16.2 Å². The molecule has 8 heteroatoms. The molecule has 2 N–H and O–H groups in total. The van der Waals surface area contributed by atoms with Crippen molar-refractivity contribution < 1.29 is 4.79 Å². The Morgan fingerprint density at radius 3 is 2.61 bits per heavy atom. The van der Waals surface area contributed by atoms with Gasteiger partial charge in [-0.2, -0.15) is 5.10 Å². The van der Waals surface area contributed by atoms with Gasteiger partial charge in [-0.3, -0.25) is 9.59 Å². The normalized spacial score (nSPS) is 15.2.